The first-order valence-electron chi connectivity index (χ1n) is 21.6. The van der Waals surface area contributed by atoms with E-state index in [2.05, 4.69) is 205 Å². The van der Waals surface area contributed by atoms with Gasteiger partial charge in [0.1, 0.15) is 0 Å². The molecule has 3 heterocycles. The Morgan fingerprint density at radius 2 is 0.891 bits per heavy atom. The van der Waals surface area contributed by atoms with E-state index in [1.54, 1.807) is 11.3 Å². The van der Waals surface area contributed by atoms with Gasteiger partial charge in [-0.25, -0.2) is 15.0 Å². The number of hydrogen-bond donors (Lipinski definition) is 0. The second-order valence-electron chi connectivity index (χ2n) is 16.4. The number of thiophene rings is 1. The summed E-state index contributed by atoms with van der Waals surface area (Å²) in [6.45, 7) is 0. The van der Waals surface area contributed by atoms with Crippen LogP contribution in [0, 0.1) is 0 Å². The number of rotatable bonds is 6. The van der Waals surface area contributed by atoms with Gasteiger partial charge in [-0.15, -0.1) is 11.3 Å². The summed E-state index contributed by atoms with van der Waals surface area (Å²) >= 11 is 1.80. The average molecular weight is 833 g/mol. The molecule has 3 aromatic heterocycles. The van der Waals surface area contributed by atoms with E-state index in [-0.39, 0.29) is 0 Å². The van der Waals surface area contributed by atoms with Crippen molar-refractivity contribution in [1.29, 1.82) is 0 Å². The van der Waals surface area contributed by atoms with E-state index in [0.717, 1.165) is 66.4 Å². The summed E-state index contributed by atoms with van der Waals surface area (Å²) in [5, 5.41) is 9.52. The summed E-state index contributed by atoms with van der Waals surface area (Å²) in [6.07, 6.45) is 0. The van der Waals surface area contributed by atoms with Gasteiger partial charge in [0, 0.05) is 53.0 Å². The molecule has 0 aliphatic heterocycles. The molecule has 5 heteroatoms. The number of benzene rings is 10. The highest BCUT2D eigenvalue weighted by molar-refractivity contribution is 7.25. The van der Waals surface area contributed by atoms with E-state index >= 15 is 0 Å². The van der Waals surface area contributed by atoms with Gasteiger partial charge in [0.25, 0.3) is 0 Å². The van der Waals surface area contributed by atoms with E-state index in [4.69, 9.17) is 15.0 Å². The van der Waals surface area contributed by atoms with Gasteiger partial charge in [-0.05, 0) is 80.9 Å². The SMILES string of the molecule is c1ccc(-c2ccc3c(-n4c5ccccc5c5cc6ccccc6cc54)cc(-c4ccccc4)c(-c4nc(-c5ccccc5)nc(-c5ccc6c(c5)sc5ccccc56)n4)c3c2)cc1. The minimum absolute atomic E-state index is 0.620. The first-order valence-corrected chi connectivity index (χ1v) is 22.4. The van der Waals surface area contributed by atoms with Gasteiger partial charge in [-0.3, -0.25) is 0 Å². The van der Waals surface area contributed by atoms with Crippen LogP contribution in [0.3, 0.4) is 0 Å². The molecule has 0 unspecified atom stereocenters. The van der Waals surface area contributed by atoms with Crippen LogP contribution < -0.4 is 0 Å². The second kappa shape index (κ2) is 14.7. The third-order valence-corrected chi connectivity index (χ3v) is 13.7. The molecule has 0 radical (unpaired) electrons. The summed E-state index contributed by atoms with van der Waals surface area (Å²) in [5.74, 6) is 1.88. The van der Waals surface area contributed by atoms with Crippen molar-refractivity contribution >= 4 is 74.9 Å². The Labute approximate surface area is 373 Å². The zero-order valence-corrected chi connectivity index (χ0v) is 35.3. The van der Waals surface area contributed by atoms with Crippen LogP contribution in [-0.4, -0.2) is 19.5 Å². The minimum atomic E-state index is 0.620. The Hall–Kier alpha value is -8.25. The lowest BCUT2D eigenvalue weighted by Gasteiger charge is -2.20. The van der Waals surface area contributed by atoms with Crippen LogP contribution in [0.5, 0.6) is 0 Å². The standard InChI is InChI=1S/C59H36N4S/c1-4-16-37(17-5-1)42-28-30-45-50(33-42)56(59-61-57(39-20-8-3-9-21-39)60-58(62-59)43-29-31-47-46-25-13-15-27-54(46)64-55(47)35-43)48(38-18-6-2-7-19-38)36-53(45)63-51-26-14-12-24-44(51)49-32-40-22-10-11-23-41(40)34-52(49)63/h1-36H. The molecule has 0 aliphatic rings. The number of aromatic nitrogens is 4. The molecule has 298 valence electrons. The molecule has 0 fully saturated rings. The highest BCUT2D eigenvalue weighted by Crippen LogP contribution is 2.45. The van der Waals surface area contributed by atoms with Crippen LogP contribution in [0.25, 0.3) is 126 Å². The van der Waals surface area contributed by atoms with Crippen molar-refractivity contribution < 1.29 is 0 Å². The summed E-state index contributed by atoms with van der Waals surface area (Å²) in [7, 11) is 0. The lowest BCUT2D eigenvalue weighted by atomic mass is 9.90. The Morgan fingerprint density at radius 3 is 1.67 bits per heavy atom. The van der Waals surface area contributed by atoms with Crippen molar-refractivity contribution in [3.8, 4) is 62.1 Å². The van der Waals surface area contributed by atoms with Gasteiger partial charge in [0.05, 0.1) is 16.7 Å². The van der Waals surface area contributed by atoms with Gasteiger partial charge in [0.2, 0.25) is 0 Å². The first kappa shape index (κ1) is 36.4. The molecule has 10 aromatic carbocycles. The summed E-state index contributed by atoms with van der Waals surface area (Å²) in [6, 6.07) is 78.3. The van der Waals surface area contributed by atoms with Crippen molar-refractivity contribution in [1.82, 2.24) is 19.5 Å². The minimum Gasteiger partial charge on any atom is -0.309 e. The maximum atomic E-state index is 5.50. The van der Waals surface area contributed by atoms with Crippen molar-refractivity contribution in [3.63, 3.8) is 0 Å². The van der Waals surface area contributed by atoms with Gasteiger partial charge in [-0.1, -0.05) is 176 Å². The van der Waals surface area contributed by atoms with E-state index < -0.39 is 0 Å². The molecule has 0 saturated heterocycles. The Bertz CT molecular complexity index is 3950. The molecule has 13 rings (SSSR count). The molecule has 0 aliphatic carbocycles. The molecule has 13 aromatic rings. The number of hydrogen-bond acceptors (Lipinski definition) is 4. The molecular weight excluding hydrogens is 797 g/mol. The number of para-hydroxylation sites is 1. The van der Waals surface area contributed by atoms with Crippen LogP contribution in [0.2, 0.25) is 0 Å². The lowest BCUT2D eigenvalue weighted by molar-refractivity contribution is 1.08. The summed E-state index contributed by atoms with van der Waals surface area (Å²) < 4.78 is 4.93. The zero-order valence-electron chi connectivity index (χ0n) is 34.5. The van der Waals surface area contributed by atoms with Gasteiger partial charge < -0.3 is 4.57 Å². The molecule has 0 N–H and O–H groups in total. The molecule has 0 saturated carbocycles. The molecule has 0 bridgehead atoms. The Morgan fingerprint density at radius 1 is 0.312 bits per heavy atom. The molecule has 0 amide bonds. The molecule has 0 spiro atoms. The largest absolute Gasteiger partial charge is 0.309 e. The Balaban J connectivity index is 1.16. The van der Waals surface area contributed by atoms with Crippen LogP contribution in [0.4, 0.5) is 0 Å². The van der Waals surface area contributed by atoms with Crippen LogP contribution >= 0.6 is 11.3 Å². The fourth-order valence-electron chi connectivity index (χ4n) is 9.60. The number of nitrogens with zero attached hydrogens (tertiary/aromatic N) is 4. The quantitative estimate of drug-likeness (QED) is 0.168. The topological polar surface area (TPSA) is 43.6 Å². The lowest BCUT2D eigenvalue weighted by Crippen LogP contribution is -2.04. The van der Waals surface area contributed by atoms with Crippen molar-refractivity contribution in [3.05, 3.63) is 218 Å². The maximum absolute atomic E-state index is 5.50. The van der Waals surface area contributed by atoms with Crippen LogP contribution in [-0.2, 0) is 0 Å². The highest BCUT2D eigenvalue weighted by atomic mass is 32.1. The number of fused-ring (bicyclic) bond motifs is 8. The van der Waals surface area contributed by atoms with Gasteiger partial charge in [0.15, 0.2) is 17.5 Å². The Kier molecular flexibility index (Phi) is 8.36. The van der Waals surface area contributed by atoms with Crippen molar-refractivity contribution in [2.75, 3.05) is 0 Å². The van der Waals surface area contributed by atoms with Crippen LogP contribution in [0.15, 0.2) is 218 Å². The van der Waals surface area contributed by atoms with E-state index in [0.29, 0.717) is 17.5 Å². The molecule has 0 atom stereocenters. The molecule has 4 nitrogen and oxygen atoms in total. The zero-order chi connectivity index (χ0) is 42.1. The van der Waals surface area contributed by atoms with E-state index in [1.807, 2.05) is 18.2 Å². The van der Waals surface area contributed by atoms with Crippen molar-refractivity contribution in [2.45, 2.75) is 0 Å². The van der Waals surface area contributed by atoms with Gasteiger partial charge >= 0.3 is 0 Å². The normalized spacial score (nSPS) is 11.8. The average Bonchev–Trinajstić information content (AvgIpc) is 3.90. The predicted octanol–water partition coefficient (Wildman–Crippen LogP) is 16.0. The van der Waals surface area contributed by atoms with Crippen LogP contribution in [0.1, 0.15) is 0 Å². The fraction of sp³-hybridized carbons (Fsp3) is 0. The molecular formula is C59H36N4S. The highest BCUT2D eigenvalue weighted by Gasteiger charge is 2.24. The first-order chi connectivity index (χ1) is 31.7. The monoisotopic (exact) mass is 832 g/mol. The summed E-state index contributed by atoms with van der Waals surface area (Å²) in [5.41, 5.74) is 10.6. The molecule has 64 heavy (non-hydrogen) atoms. The maximum Gasteiger partial charge on any atom is 0.165 e. The third kappa shape index (κ3) is 5.93. The van der Waals surface area contributed by atoms with E-state index in [9.17, 15) is 0 Å². The fourth-order valence-corrected chi connectivity index (χ4v) is 10.7. The van der Waals surface area contributed by atoms with Crippen molar-refractivity contribution in [2.24, 2.45) is 0 Å². The van der Waals surface area contributed by atoms with E-state index in [1.165, 1.54) is 41.7 Å². The smallest absolute Gasteiger partial charge is 0.165 e. The predicted molar refractivity (Wildman–Crippen MR) is 269 cm³/mol. The van der Waals surface area contributed by atoms with Gasteiger partial charge in [-0.2, -0.15) is 0 Å². The summed E-state index contributed by atoms with van der Waals surface area (Å²) in [4.78, 5) is 16.2. The second-order valence-corrected chi connectivity index (χ2v) is 17.4. The third-order valence-electron chi connectivity index (χ3n) is 12.6.